The summed E-state index contributed by atoms with van der Waals surface area (Å²) in [5, 5.41) is 2.96. The van der Waals surface area contributed by atoms with E-state index in [9.17, 15) is 9.59 Å². The molecule has 0 aromatic heterocycles. The number of ether oxygens (including phenoxy) is 1. The molecule has 5 heteroatoms. The van der Waals surface area contributed by atoms with Gasteiger partial charge in [0.05, 0.1) is 13.5 Å². The Morgan fingerprint density at radius 1 is 1.00 bits per heavy atom. The van der Waals surface area contributed by atoms with Crippen LogP contribution >= 0.6 is 0 Å². The molecule has 0 saturated carbocycles. The molecule has 0 unspecified atom stereocenters. The molecule has 5 nitrogen and oxygen atoms in total. The van der Waals surface area contributed by atoms with Crippen LogP contribution in [0.3, 0.4) is 0 Å². The first kappa shape index (κ1) is 22.5. The van der Waals surface area contributed by atoms with Crippen molar-refractivity contribution in [2.24, 2.45) is 0 Å². The van der Waals surface area contributed by atoms with E-state index in [0.717, 1.165) is 16.9 Å². The van der Waals surface area contributed by atoms with E-state index >= 15 is 0 Å². The summed E-state index contributed by atoms with van der Waals surface area (Å²) in [6.07, 6.45) is 1.53. The lowest BCUT2D eigenvalue weighted by atomic mass is 10.1. The topological polar surface area (TPSA) is 58.6 Å². The summed E-state index contributed by atoms with van der Waals surface area (Å²) < 4.78 is 5.18. The minimum Gasteiger partial charge on any atom is -0.497 e. The van der Waals surface area contributed by atoms with Crippen LogP contribution in [0.2, 0.25) is 0 Å². The van der Waals surface area contributed by atoms with Gasteiger partial charge in [0.25, 0.3) is 0 Å². The van der Waals surface area contributed by atoms with E-state index in [1.807, 2.05) is 75.4 Å². The number of hydrogen-bond donors (Lipinski definition) is 1. The first-order valence-corrected chi connectivity index (χ1v) is 10.2. The Morgan fingerprint density at radius 2 is 1.66 bits per heavy atom. The van der Waals surface area contributed by atoms with Gasteiger partial charge in [0.15, 0.2) is 0 Å². The van der Waals surface area contributed by atoms with Gasteiger partial charge >= 0.3 is 0 Å². The summed E-state index contributed by atoms with van der Waals surface area (Å²) in [4.78, 5) is 27.7. The number of methoxy groups -OCH3 is 1. The van der Waals surface area contributed by atoms with Crippen LogP contribution in [0, 0.1) is 0 Å². The number of benzene rings is 2. The zero-order chi connectivity index (χ0) is 21.2. The summed E-state index contributed by atoms with van der Waals surface area (Å²) in [6, 6.07) is 17.1. The molecule has 1 atom stereocenters. The zero-order valence-electron chi connectivity index (χ0n) is 17.9. The van der Waals surface area contributed by atoms with E-state index < -0.39 is 6.04 Å². The van der Waals surface area contributed by atoms with Crippen molar-refractivity contribution in [3.05, 3.63) is 65.7 Å². The van der Waals surface area contributed by atoms with Crippen molar-refractivity contribution in [3.8, 4) is 5.75 Å². The summed E-state index contributed by atoms with van der Waals surface area (Å²) in [5.41, 5.74) is 2.05. The number of hydrogen-bond acceptors (Lipinski definition) is 3. The Balaban J connectivity index is 2.18. The van der Waals surface area contributed by atoms with Gasteiger partial charge in [0, 0.05) is 12.6 Å². The summed E-state index contributed by atoms with van der Waals surface area (Å²) in [7, 11) is 1.62. The molecule has 0 bridgehead atoms. The molecule has 0 saturated heterocycles. The van der Waals surface area contributed by atoms with Crippen LogP contribution in [0.25, 0.3) is 0 Å². The minimum absolute atomic E-state index is 0.0317. The monoisotopic (exact) mass is 396 g/mol. The van der Waals surface area contributed by atoms with Crippen molar-refractivity contribution in [1.29, 1.82) is 0 Å². The van der Waals surface area contributed by atoms with Crippen LogP contribution in [0.1, 0.15) is 38.3 Å². The van der Waals surface area contributed by atoms with E-state index in [2.05, 4.69) is 5.32 Å². The fraction of sp³-hybridized carbons (Fsp3) is 0.417. The molecule has 1 N–H and O–H groups in total. The Kier molecular flexibility index (Phi) is 8.71. The van der Waals surface area contributed by atoms with Gasteiger partial charge in [-0.1, -0.05) is 49.4 Å². The molecule has 0 aliphatic carbocycles. The molecule has 0 spiro atoms. The lowest BCUT2D eigenvalue weighted by Gasteiger charge is -2.31. The van der Waals surface area contributed by atoms with Gasteiger partial charge in [0.1, 0.15) is 11.8 Å². The Labute approximate surface area is 174 Å². The molecule has 156 valence electrons. The van der Waals surface area contributed by atoms with Crippen molar-refractivity contribution >= 4 is 11.8 Å². The SMILES string of the molecule is CC[C@H](C(=O)NC(C)C)N(CCc1ccccc1)C(=O)Cc1ccc(OC)cc1. The lowest BCUT2D eigenvalue weighted by Crippen LogP contribution is -2.51. The van der Waals surface area contributed by atoms with Crippen molar-refractivity contribution < 1.29 is 14.3 Å². The Morgan fingerprint density at radius 3 is 2.21 bits per heavy atom. The van der Waals surface area contributed by atoms with Crippen LogP contribution in [0.15, 0.2) is 54.6 Å². The van der Waals surface area contributed by atoms with Crippen LogP contribution < -0.4 is 10.1 Å². The molecule has 2 rings (SSSR count). The maximum absolute atomic E-state index is 13.2. The normalized spacial score (nSPS) is 11.8. The minimum atomic E-state index is -0.480. The predicted octanol–water partition coefficient (Wildman–Crippen LogP) is 3.61. The number of carbonyl (C=O) groups excluding carboxylic acids is 2. The third-order valence-electron chi connectivity index (χ3n) is 4.82. The predicted molar refractivity (Wildman–Crippen MR) is 116 cm³/mol. The number of carbonyl (C=O) groups is 2. The quantitative estimate of drug-likeness (QED) is 0.667. The molecule has 2 amide bonds. The third kappa shape index (κ3) is 6.93. The van der Waals surface area contributed by atoms with Crippen molar-refractivity contribution in [2.45, 2.75) is 52.1 Å². The van der Waals surface area contributed by atoms with Gasteiger partial charge in [-0.2, -0.15) is 0 Å². The summed E-state index contributed by atoms with van der Waals surface area (Å²) >= 11 is 0. The van der Waals surface area contributed by atoms with Gasteiger partial charge < -0.3 is 15.0 Å². The van der Waals surface area contributed by atoms with E-state index in [1.54, 1.807) is 12.0 Å². The number of rotatable bonds is 10. The highest BCUT2D eigenvalue weighted by Gasteiger charge is 2.28. The maximum Gasteiger partial charge on any atom is 0.242 e. The second-order valence-electron chi connectivity index (χ2n) is 7.43. The zero-order valence-corrected chi connectivity index (χ0v) is 17.9. The number of nitrogens with one attached hydrogen (secondary N) is 1. The average molecular weight is 397 g/mol. The van der Waals surface area contributed by atoms with Crippen molar-refractivity contribution in [1.82, 2.24) is 10.2 Å². The fourth-order valence-corrected chi connectivity index (χ4v) is 3.30. The molecule has 0 fully saturated rings. The first-order chi connectivity index (χ1) is 13.9. The highest BCUT2D eigenvalue weighted by molar-refractivity contribution is 5.88. The van der Waals surface area contributed by atoms with E-state index in [4.69, 9.17) is 4.74 Å². The number of amides is 2. The Hall–Kier alpha value is -2.82. The van der Waals surface area contributed by atoms with E-state index in [-0.39, 0.29) is 24.3 Å². The van der Waals surface area contributed by atoms with Crippen molar-refractivity contribution in [3.63, 3.8) is 0 Å². The second kappa shape index (κ2) is 11.2. The van der Waals surface area contributed by atoms with Crippen LogP contribution in [-0.2, 0) is 22.4 Å². The first-order valence-electron chi connectivity index (χ1n) is 10.2. The highest BCUT2D eigenvalue weighted by Crippen LogP contribution is 2.15. The molecule has 0 aliphatic rings. The Bertz CT molecular complexity index is 772. The lowest BCUT2D eigenvalue weighted by molar-refractivity contribution is -0.140. The number of nitrogens with zero attached hydrogens (tertiary/aromatic N) is 1. The van der Waals surface area contributed by atoms with E-state index in [1.165, 1.54) is 0 Å². The molecular formula is C24H32N2O3. The van der Waals surface area contributed by atoms with Gasteiger partial charge in [-0.05, 0) is 49.9 Å². The summed E-state index contributed by atoms with van der Waals surface area (Å²) in [6.45, 7) is 6.31. The van der Waals surface area contributed by atoms with Gasteiger partial charge in [0.2, 0.25) is 11.8 Å². The molecule has 0 radical (unpaired) electrons. The molecule has 29 heavy (non-hydrogen) atoms. The van der Waals surface area contributed by atoms with Gasteiger partial charge in [-0.15, -0.1) is 0 Å². The average Bonchev–Trinajstić information content (AvgIpc) is 2.71. The van der Waals surface area contributed by atoms with Crippen molar-refractivity contribution in [2.75, 3.05) is 13.7 Å². The largest absolute Gasteiger partial charge is 0.497 e. The van der Waals surface area contributed by atoms with Crippen LogP contribution in [0.4, 0.5) is 0 Å². The molecule has 2 aromatic rings. The molecule has 0 aliphatic heterocycles. The molecule has 2 aromatic carbocycles. The standard InChI is InChI=1S/C24H32N2O3/c1-5-22(24(28)25-18(2)3)26(16-15-19-9-7-6-8-10-19)23(27)17-20-11-13-21(29-4)14-12-20/h6-14,18,22H,5,15-17H2,1-4H3,(H,25,28)/t22-/m1/s1. The molecular weight excluding hydrogens is 364 g/mol. The van der Waals surface area contributed by atoms with Crippen LogP contribution in [-0.4, -0.2) is 42.5 Å². The molecule has 0 heterocycles. The van der Waals surface area contributed by atoms with Gasteiger partial charge in [-0.3, -0.25) is 9.59 Å². The van der Waals surface area contributed by atoms with Gasteiger partial charge in [-0.25, -0.2) is 0 Å². The maximum atomic E-state index is 13.2. The highest BCUT2D eigenvalue weighted by atomic mass is 16.5. The van der Waals surface area contributed by atoms with E-state index in [0.29, 0.717) is 19.4 Å². The second-order valence-corrected chi connectivity index (χ2v) is 7.43. The van der Waals surface area contributed by atoms with Crippen LogP contribution in [0.5, 0.6) is 5.75 Å². The smallest absolute Gasteiger partial charge is 0.242 e. The fourth-order valence-electron chi connectivity index (χ4n) is 3.30. The third-order valence-corrected chi connectivity index (χ3v) is 4.82. The summed E-state index contributed by atoms with van der Waals surface area (Å²) in [5.74, 6) is 0.611.